The summed E-state index contributed by atoms with van der Waals surface area (Å²) in [7, 11) is 1.66. The molecular formula is C7H14O3. The first-order chi connectivity index (χ1) is 4.84. The summed E-state index contributed by atoms with van der Waals surface area (Å²) in [6.45, 7) is 4.12. The lowest BCUT2D eigenvalue weighted by molar-refractivity contribution is -0.141. The fourth-order valence-corrected chi connectivity index (χ4v) is 1.04. The number of ether oxygens (including phenoxy) is 3. The average Bonchev–Trinajstić information content (AvgIpc) is 2.13. The number of hydrogen-bond acceptors (Lipinski definition) is 3. The quantitative estimate of drug-likeness (QED) is 0.543. The van der Waals surface area contributed by atoms with Gasteiger partial charge in [-0.2, -0.15) is 0 Å². The molecule has 0 unspecified atom stereocenters. The van der Waals surface area contributed by atoms with Crippen LogP contribution in [0.3, 0.4) is 0 Å². The van der Waals surface area contributed by atoms with Gasteiger partial charge in [0.2, 0.25) is 0 Å². The standard InChI is InChI=1S/C7H14O3/c1-6-5-9-3-4-10-7(6)8-2/h6-7H,3-5H2,1-2H3/t6-,7-/m1/s1. The van der Waals surface area contributed by atoms with Gasteiger partial charge in [-0.25, -0.2) is 0 Å². The SMILES string of the molecule is CO[C@@H]1OCCOC[C@H]1C. The van der Waals surface area contributed by atoms with Crippen LogP contribution >= 0.6 is 0 Å². The van der Waals surface area contributed by atoms with Crippen LogP contribution in [0.4, 0.5) is 0 Å². The molecular weight excluding hydrogens is 132 g/mol. The molecule has 1 heterocycles. The Labute approximate surface area is 61.3 Å². The number of rotatable bonds is 1. The summed E-state index contributed by atoms with van der Waals surface area (Å²) in [5, 5.41) is 0. The summed E-state index contributed by atoms with van der Waals surface area (Å²) in [4.78, 5) is 0. The zero-order valence-corrected chi connectivity index (χ0v) is 6.50. The second-order valence-electron chi connectivity index (χ2n) is 2.53. The van der Waals surface area contributed by atoms with E-state index in [1.807, 2.05) is 0 Å². The topological polar surface area (TPSA) is 27.7 Å². The molecule has 3 nitrogen and oxygen atoms in total. The fourth-order valence-electron chi connectivity index (χ4n) is 1.04. The van der Waals surface area contributed by atoms with E-state index in [4.69, 9.17) is 14.2 Å². The van der Waals surface area contributed by atoms with Gasteiger partial charge in [-0.15, -0.1) is 0 Å². The van der Waals surface area contributed by atoms with Gasteiger partial charge in [-0.1, -0.05) is 6.92 Å². The highest BCUT2D eigenvalue weighted by atomic mass is 16.7. The van der Waals surface area contributed by atoms with Crippen LogP contribution in [0, 0.1) is 5.92 Å². The predicted molar refractivity (Wildman–Crippen MR) is 36.7 cm³/mol. The Morgan fingerprint density at radius 1 is 1.40 bits per heavy atom. The van der Waals surface area contributed by atoms with Crippen molar-refractivity contribution in [2.45, 2.75) is 13.2 Å². The minimum atomic E-state index is -0.0810. The molecule has 0 aromatic heterocycles. The normalized spacial score (nSPS) is 35.4. The molecule has 1 aliphatic rings. The zero-order chi connectivity index (χ0) is 7.40. The Morgan fingerprint density at radius 2 is 2.20 bits per heavy atom. The van der Waals surface area contributed by atoms with Gasteiger partial charge in [0, 0.05) is 13.0 Å². The summed E-state index contributed by atoms with van der Waals surface area (Å²) in [6, 6.07) is 0. The maximum atomic E-state index is 5.32. The van der Waals surface area contributed by atoms with Gasteiger partial charge in [0.15, 0.2) is 6.29 Å². The second kappa shape index (κ2) is 3.91. The van der Waals surface area contributed by atoms with Gasteiger partial charge in [0.05, 0.1) is 19.8 Å². The van der Waals surface area contributed by atoms with Crippen LogP contribution in [0.15, 0.2) is 0 Å². The van der Waals surface area contributed by atoms with E-state index in [1.54, 1.807) is 7.11 Å². The van der Waals surface area contributed by atoms with Crippen LogP contribution in [0.2, 0.25) is 0 Å². The highest BCUT2D eigenvalue weighted by molar-refractivity contribution is 4.58. The third-order valence-corrected chi connectivity index (χ3v) is 1.59. The molecule has 1 saturated heterocycles. The molecule has 0 aromatic rings. The lowest BCUT2D eigenvalue weighted by Gasteiger charge is -2.17. The highest BCUT2D eigenvalue weighted by Gasteiger charge is 2.19. The smallest absolute Gasteiger partial charge is 0.162 e. The Balaban J connectivity index is 2.35. The van der Waals surface area contributed by atoms with Crippen LogP contribution < -0.4 is 0 Å². The van der Waals surface area contributed by atoms with Crippen molar-refractivity contribution < 1.29 is 14.2 Å². The zero-order valence-electron chi connectivity index (χ0n) is 6.50. The third kappa shape index (κ3) is 1.94. The first-order valence-corrected chi connectivity index (χ1v) is 3.56. The molecule has 1 aliphatic heterocycles. The van der Waals surface area contributed by atoms with Crippen LogP contribution in [0.25, 0.3) is 0 Å². The molecule has 0 N–H and O–H groups in total. The van der Waals surface area contributed by atoms with E-state index in [0.29, 0.717) is 19.1 Å². The highest BCUT2D eigenvalue weighted by Crippen LogP contribution is 2.11. The number of methoxy groups -OCH3 is 1. The van der Waals surface area contributed by atoms with Crippen LogP contribution in [-0.2, 0) is 14.2 Å². The average molecular weight is 146 g/mol. The van der Waals surface area contributed by atoms with Gasteiger partial charge < -0.3 is 14.2 Å². The summed E-state index contributed by atoms with van der Waals surface area (Å²) in [5.41, 5.74) is 0. The molecule has 0 saturated carbocycles. The van der Waals surface area contributed by atoms with E-state index in [-0.39, 0.29) is 6.29 Å². The van der Waals surface area contributed by atoms with Crippen molar-refractivity contribution in [2.24, 2.45) is 5.92 Å². The fraction of sp³-hybridized carbons (Fsp3) is 1.00. The summed E-state index contributed by atoms with van der Waals surface area (Å²) >= 11 is 0. The molecule has 1 fully saturated rings. The van der Waals surface area contributed by atoms with Crippen LogP contribution in [0.5, 0.6) is 0 Å². The first-order valence-electron chi connectivity index (χ1n) is 3.56. The Kier molecular flexibility index (Phi) is 3.12. The molecule has 2 atom stereocenters. The van der Waals surface area contributed by atoms with Gasteiger partial charge in [0.25, 0.3) is 0 Å². The van der Waals surface area contributed by atoms with Crippen molar-refractivity contribution in [3.63, 3.8) is 0 Å². The van der Waals surface area contributed by atoms with Gasteiger partial charge in [-0.3, -0.25) is 0 Å². The predicted octanol–water partition coefficient (Wildman–Crippen LogP) is 0.642. The van der Waals surface area contributed by atoms with Gasteiger partial charge in [-0.05, 0) is 0 Å². The minimum Gasteiger partial charge on any atom is -0.379 e. The van der Waals surface area contributed by atoms with E-state index in [2.05, 4.69) is 6.92 Å². The Hall–Kier alpha value is -0.120. The van der Waals surface area contributed by atoms with Crippen molar-refractivity contribution in [1.82, 2.24) is 0 Å². The van der Waals surface area contributed by atoms with E-state index in [0.717, 1.165) is 6.61 Å². The van der Waals surface area contributed by atoms with E-state index < -0.39 is 0 Å². The summed E-state index contributed by atoms with van der Waals surface area (Å²) in [5.74, 6) is 0.340. The third-order valence-electron chi connectivity index (χ3n) is 1.59. The number of hydrogen-bond donors (Lipinski definition) is 0. The maximum Gasteiger partial charge on any atom is 0.162 e. The van der Waals surface area contributed by atoms with Crippen LogP contribution in [-0.4, -0.2) is 33.2 Å². The molecule has 10 heavy (non-hydrogen) atoms. The van der Waals surface area contributed by atoms with Crippen LogP contribution in [0.1, 0.15) is 6.92 Å². The molecule has 0 aliphatic carbocycles. The van der Waals surface area contributed by atoms with Crippen molar-refractivity contribution in [3.05, 3.63) is 0 Å². The van der Waals surface area contributed by atoms with Gasteiger partial charge in [0.1, 0.15) is 0 Å². The molecule has 0 amide bonds. The Morgan fingerprint density at radius 3 is 2.90 bits per heavy atom. The van der Waals surface area contributed by atoms with Crippen molar-refractivity contribution in [1.29, 1.82) is 0 Å². The van der Waals surface area contributed by atoms with E-state index >= 15 is 0 Å². The summed E-state index contributed by atoms with van der Waals surface area (Å²) < 4.78 is 15.6. The molecule has 0 bridgehead atoms. The largest absolute Gasteiger partial charge is 0.379 e. The monoisotopic (exact) mass is 146 g/mol. The van der Waals surface area contributed by atoms with Crippen molar-refractivity contribution >= 4 is 0 Å². The second-order valence-corrected chi connectivity index (χ2v) is 2.53. The molecule has 3 heteroatoms. The minimum absolute atomic E-state index is 0.0810. The molecule has 1 rings (SSSR count). The molecule has 0 aromatic carbocycles. The summed E-state index contributed by atoms with van der Waals surface area (Å²) in [6.07, 6.45) is -0.0810. The lowest BCUT2D eigenvalue weighted by Crippen LogP contribution is -2.24. The maximum absolute atomic E-state index is 5.32. The molecule has 0 spiro atoms. The van der Waals surface area contributed by atoms with E-state index in [9.17, 15) is 0 Å². The van der Waals surface area contributed by atoms with Gasteiger partial charge >= 0.3 is 0 Å². The first kappa shape index (κ1) is 7.98. The molecule has 0 radical (unpaired) electrons. The molecule has 60 valence electrons. The Bertz CT molecular complexity index is 94.9. The van der Waals surface area contributed by atoms with Crippen molar-refractivity contribution in [2.75, 3.05) is 26.9 Å². The van der Waals surface area contributed by atoms with E-state index in [1.165, 1.54) is 0 Å². The lowest BCUT2D eigenvalue weighted by atomic mass is 10.2. The van der Waals surface area contributed by atoms with Crippen molar-refractivity contribution in [3.8, 4) is 0 Å².